The van der Waals surface area contributed by atoms with Gasteiger partial charge in [0.1, 0.15) is 6.04 Å². The van der Waals surface area contributed by atoms with E-state index >= 15 is 0 Å². The smallest absolute Gasteiger partial charge is 0.158 e. The van der Waals surface area contributed by atoms with E-state index in [-0.39, 0.29) is 11.5 Å². The van der Waals surface area contributed by atoms with Crippen LogP contribution in [0.25, 0.3) is 0 Å². The molecule has 2 unspecified atom stereocenters. The molecule has 15 heavy (non-hydrogen) atoms. The second-order valence-corrected chi connectivity index (χ2v) is 4.55. The molecule has 0 bridgehead atoms. The van der Waals surface area contributed by atoms with Crippen LogP contribution in [-0.2, 0) is 0 Å². The Labute approximate surface area is 91.9 Å². The van der Waals surface area contributed by atoms with Crippen molar-refractivity contribution in [2.75, 3.05) is 20.6 Å². The number of fused-ring (bicyclic) bond motifs is 1. The van der Waals surface area contributed by atoms with Crippen LogP contribution in [0.2, 0.25) is 0 Å². The topological polar surface area (TPSA) is 40.5 Å². The Hall–Kier alpha value is -0.960. The Morgan fingerprint density at radius 3 is 2.27 bits per heavy atom. The largest absolute Gasteiger partial charge is 0.504 e. The van der Waals surface area contributed by atoms with Gasteiger partial charge in [-0.1, -0.05) is 13.8 Å². The highest BCUT2D eigenvalue weighted by molar-refractivity contribution is 5.26. The van der Waals surface area contributed by atoms with Gasteiger partial charge in [0.15, 0.2) is 11.5 Å². The molecule has 2 aliphatic rings. The summed E-state index contributed by atoms with van der Waals surface area (Å²) in [7, 11) is 4.31. The summed E-state index contributed by atoms with van der Waals surface area (Å²) in [6.07, 6.45) is 4.66. The van der Waals surface area contributed by atoms with Gasteiger partial charge in [-0.15, -0.1) is 0 Å². The van der Waals surface area contributed by atoms with Gasteiger partial charge >= 0.3 is 0 Å². The first-order valence-electron chi connectivity index (χ1n) is 5.65. The fourth-order valence-electron chi connectivity index (χ4n) is 2.36. The third kappa shape index (κ3) is 2.17. The molecule has 0 spiro atoms. The first-order chi connectivity index (χ1) is 7.00. The summed E-state index contributed by atoms with van der Waals surface area (Å²) in [6, 6.07) is 0.330. The molecule has 0 radical (unpaired) electrons. The van der Waals surface area contributed by atoms with Crippen LogP contribution >= 0.6 is 0 Å². The van der Waals surface area contributed by atoms with E-state index in [9.17, 15) is 10.2 Å². The van der Waals surface area contributed by atoms with Crippen LogP contribution < -0.4 is 0 Å². The quantitative estimate of drug-likeness (QED) is 0.605. The number of likely N-dealkylation sites (tertiary alicyclic amines) is 1. The van der Waals surface area contributed by atoms with E-state index in [1.807, 2.05) is 13.8 Å². The lowest BCUT2D eigenvalue weighted by atomic mass is 9.94. The van der Waals surface area contributed by atoms with E-state index in [2.05, 4.69) is 14.1 Å². The minimum atomic E-state index is 0.0364. The van der Waals surface area contributed by atoms with Crippen molar-refractivity contribution in [3.63, 3.8) is 0 Å². The number of nitrogens with zero attached hydrogens (tertiary/aromatic N) is 1. The summed E-state index contributed by atoms with van der Waals surface area (Å²) >= 11 is 0. The summed E-state index contributed by atoms with van der Waals surface area (Å²) < 4.78 is 0.901. The predicted octanol–water partition coefficient (Wildman–Crippen LogP) is 2.37. The molecule has 86 valence electrons. The van der Waals surface area contributed by atoms with Crippen LogP contribution in [0.1, 0.15) is 20.3 Å². The van der Waals surface area contributed by atoms with E-state index in [0.29, 0.717) is 12.0 Å². The van der Waals surface area contributed by atoms with E-state index in [0.717, 1.165) is 17.4 Å². The van der Waals surface area contributed by atoms with E-state index in [4.69, 9.17) is 0 Å². The molecule has 1 heterocycles. The van der Waals surface area contributed by atoms with Crippen LogP contribution in [-0.4, -0.2) is 41.4 Å². The molecule has 2 rings (SSSR count). The Morgan fingerprint density at radius 2 is 1.67 bits per heavy atom. The third-order valence-electron chi connectivity index (χ3n) is 3.25. The molecular weight excluding hydrogens is 190 g/mol. The van der Waals surface area contributed by atoms with Gasteiger partial charge in [-0.3, -0.25) is 0 Å². The molecule has 2 atom stereocenters. The molecule has 2 N–H and O–H groups in total. The molecular formula is C12H22NO2+. The van der Waals surface area contributed by atoms with Gasteiger partial charge in [0.25, 0.3) is 0 Å². The molecule has 1 aliphatic heterocycles. The summed E-state index contributed by atoms with van der Waals surface area (Å²) in [5.74, 6) is 0.475. The highest BCUT2D eigenvalue weighted by Gasteiger charge is 2.42. The van der Waals surface area contributed by atoms with Crippen molar-refractivity contribution in [1.29, 1.82) is 0 Å². The van der Waals surface area contributed by atoms with E-state index in [1.54, 1.807) is 12.2 Å². The average molecular weight is 212 g/mol. The second kappa shape index (κ2) is 4.27. The molecule has 0 saturated carbocycles. The molecule has 3 nitrogen and oxygen atoms in total. The van der Waals surface area contributed by atoms with Gasteiger partial charge in [-0.25, -0.2) is 0 Å². The normalized spacial score (nSPS) is 32.0. The standard InChI is InChI=1S/C10H15NO2.C2H6/c1-11(2)4-3-7-5-9(12)10(13)6-8(7)11;1-2/h5-8H,3-4H2,1-2H3,(H-,12,13);1-2H3/p+1. The second-order valence-electron chi connectivity index (χ2n) is 4.55. The van der Waals surface area contributed by atoms with Gasteiger partial charge in [0, 0.05) is 18.4 Å². The van der Waals surface area contributed by atoms with Gasteiger partial charge < -0.3 is 14.7 Å². The van der Waals surface area contributed by atoms with Gasteiger partial charge in [-0.05, 0) is 6.08 Å². The molecule has 0 aromatic carbocycles. The zero-order chi connectivity index (χ0) is 11.6. The van der Waals surface area contributed by atoms with Crippen molar-refractivity contribution in [2.24, 2.45) is 5.92 Å². The lowest BCUT2D eigenvalue weighted by Crippen LogP contribution is -2.45. The summed E-state index contributed by atoms with van der Waals surface area (Å²) in [5.41, 5.74) is 0. The maximum Gasteiger partial charge on any atom is 0.158 e. The molecule has 0 amide bonds. The Bertz CT molecular complexity index is 292. The number of rotatable bonds is 0. The first kappa shape index (κ1) is 12.1. The third-order valence-corrected chi connectivity index (χ3v) is 3.25. The molecule has 0 aromatic rings. The number of hydrogen-bond acceptors (Lipinski definition) is 2. The predicted molar refractivity (Wildman–Crippen MR) is 61.6 cm³/mol. The molecule has 1 fully saturated rings. The first-order valence-corrected chi connectivity index (χ1v) is 5.65. The van der Waals surface area contributed by atoms with E-state index in [1.165, 1.54) is 0 Å². The lowest BCUT2D eigenvalue weighted by molar-refractivity contribution is -0.897. The van der Waals surface area contributed by atoms with Gasteiger partial charge in [0.2, 0.25) is 0 Å². The SMILES string of the molecule is CC.C[N+]1(C)CCC2C=C(O)C(O)=CC21. The molecule has 0 aromatic heterocycles. The Morgan fingerprint density at radius 1 is 1.13 bits per heavy atom. The molecule has 3 heteroatoms. The fraction of sp³-hybridized carbons (Fsp3) is 0.667. The fourth-order valence-corrected chi connectivity index (χ4v) is 2.36. The van der Waals surface area contributed by atoms with E-state index < -0.39 is 0 Å². The average Bonchev–Trinajstić information content (AvgIpc) is 2.48. The van der Waals surface area contributed by atoms with Gasteiger partial charge in [-0.2, -0.15) is 0 Å². The molecule has 1 aliphatic carbocycles. The number of aliphatic hydroxyl groups is 2. The maximum atomic E-state index is 9.39. The zero-order valence-corrected chi connectivity index (χ0v) is 10.1. The Kier molecular flexibility index (Phi) is 3.45. The van der Waals surface area contributed by atoms with Crippen molar-refractivity contribution in [1.82, 2.24) is 0 Å². The maximum absolute atomic E-state index is 9.39. The van der Waals surface area contributed by atoms with Crippen molar-refractivity contribution < 1.29 is 14.7 Å². The van der Waals surface area contributed by atoms with Crippen molar-refractivity contribution >= 4 is 0 Å². The summed E-state index contributed by atoms with van der Waals surface area (Å²) in [5, 5.41) is 18.7. The lowest BCUT2D eigenvalue weighted by Gasteiger charge is -2.32. The van der Waals surface area contributed by atoms with Crippen LogP contribution in [0.4, 0.5) is 0 Å². The number of hydrogen-bond donors (Lipinski definition) is 2. The zero-order valence-electron chi connectivity index (χ0n) is 10.1. The Balaban J connectivity index is 0.000000531. The van der Waals surface area contributed by atoms with Crippen molar-refractivity contribution in [2.45, 2.75) is 26.3 Å². The summed E-state index contributed by atoms with van der Waals surface area (Å²) in [4.78, 5) is 0. The number of likely N-dealkylation sites (N-methyl/N-ethyl adjacent to an activating group) is 1. The highest BCUT2D eigenvalue weighted by atomic mass is 16.3. The minimum Gasteiger partial charge on any atom is -0.504 e. The van der Waals surface area contributed by atoms with Crippen LogP contribution in [0.5, 0.6) is 0 Å². The minimum absolute atomic E-state index is 0.0364. The van der Waals surface area contributed by atoms with Crippen LogP contribution in [0.15, 0.2) is 23.7 Å². The van der Waals surface area contributed by atoms with Gasteiger partial charge in [0.05, 0.1) is 20.6 Å². The van der Waals surface area contributed by atoms with Crippen molar-refractivity contribution in [3.8, 4) is 0 Å². The summed E-state index contributed by atoms with van der Waals surface area (Å²) in [6.45, 7) is 5.10. The number of aliphatic hydroxyl groups excluding tert-OH is 2. The van der Waals surface area contributed by atoms with Crippen molar-refractivity contribution in [3.05, 3.63) is 23.7 Å². The van der Waals surface area contributed by atoms with Crippen LogP contribution in [0.3, 0.4) is 0 Å². The highest BCUT2D eigenvalue weighted by Crippen LogP contribution is 2.35. The monoisotopic (exact) mass is 212 g/mol. The molecule has 1 saturated heterocycles. The number of quaternary nitrogens is 1. The van der Waals surface area contributed by atoms with Crippen LogP contribution in [0, 0.1) is 5.92 Å².